The van der Waals surface area contributed by atoms with Gasteiger partial charge in [0.05, 0.1) is 23.1 Å². The van der Waals surface area contributed by atoms with Gasteiger partial charge in [-0.3, -0.25) is 9.78 Å². The van der Waals surface area contributed by atoms with Crippen molar-refractivity contribution in [3.05, 3.63) is 71.1 Å². The minimum atomic E-state index is -2.93. The van der Waals surface area contributed by atoms with E-state index in [4.69, 9.17) is 0 Å². The molecule has 5 nitrogen and oxygen atoms in total. The Labute approximate surface area is 159 Å². The molecule has 0 bridgehead atoms. The van der Waals surface area contributed by atoms with Crippen LogP contribution in [0.4, 0.5) is 18.9 Å². The lowest BCUT2D eigenvalue weighted by Crippen LogP contribution is -2.37. The summed E-state index contributed by atoms with van der Waals surface area (Å²) in [6.07, 6.45) is 2.36. The molecule has 0 fully saturated rings. The van der Waals surface area contributed by atoms with Crippen molar-refractivity contribution in [3.8, 4) is 5.69 Å². The zero-order chi connectivity index (χ0) is 19.8. The van der Waals surface area contributed by atoms with E-state index in [1.165, 1.54) is 35.5 Å². The Balaban J connectivity index is 1.81. The van der Waals surface area contributed by atoms with Crippen LogP contribution in [0.25, 0.3) is 5.69 Å². The highest BCUT2D eigenvalue weighted by atomic mass is 19.3. The van der Waals surface area contributed by atoms with E-state index in [0.29, 0.717) is 18.5 Å². The summed E-state index contributed by atoms with van der Waals surface area (Å²) in [6, 6.07) is 6.00. The number of amides is 1. The maximum absolute atomic E-state index is 14.5. The molecule has 144 valence electrons. The van der Waals surface area contributed by atoms with Gasteiger partial charge in [-0.2, -0.15) is 5.10 Å². The average Bonchev–Trinajstić information content (AvgIpc) is 3.16. The number of aromatic nitrogens is 3. The molecule has 4 rings (SSSR count). The highest BCUT2D eigenvalue weighted by Gasteiger charge is 2.32. The third-order valence-corrected chi connectivity index (χ3v) is 4.94. The summed E-state index contributed by atoms with van der Waals surface area (Å²) in [6.45, 7) is 2.10. The van der Waals surface area contributed by atoms with E-state index in [0.717, 1.165) is 22.0 Å². The molecular formula is C20H17F3N4O. The molecule has 0 atom stereocenters. The number of alkyl halides is 2. The smallest absolute Gasteiger partial charge is 0.281 e. The van der Waals surface area contributed by atoms with E-state index in [2.05, 4.69) is 10.1 Å². The van der Waals surface area contributed by atoms with Crippen molar-refractivity contribution in [2.75, 3.05) is 11.4 Å². The number of carbonyl (C=O) groups is 1. The summed E-state index contributed by atoms with van der Waals surface area (Å²) in [5.41, 5.74) is 1.39. The van der Waals surface area contributed by atoms with Gasteiger partial charge in [-0.05, 0) is 49.1 Å². The molecular weight excluding hydrogens is 369 g/mol. The zero-order valence-electron chi connectivity index (χ0n) is 15.1. The number of rotatable bonds is 3. The highest BCUT2D eigenvalue weighted by Crippen LogP contribution is 2.35. The van der Waals surface area contributed by atoms with Gasteiger partial charge in [0, 0.05) is 18.9 Å². The van der Waals surface area contributed by atoms with E-state index >= 15 is 0 Å². The molecule has 0 saturated carbocycles. The molecule has 3 heterocycles. The number of hydrogen-bond acceptors (Lipinski definition) is 3. The lowest BCUT2D eigenvalue weighted by Gasteiger charge is -2.31. The van der Waals surface area contributed by atoms with Gasteiger partial charge < -0.3 is 4.90 Å². The van der Waals surface area contributed by atoms with Gasteiger partial charge in [-0.1, -0.05) is 6.07 Å². The molecule has 0 unspecified atom stereocenters. The Hall–Kier alpha value is -3.16. The van der Waals surface area contributed by atoms with Crippen LogP contribution < -0.4 is 4.90 Å². The van der Waals surface area contributed by atoms with Crippen LogP contribution in [0.3, 0.4) is 0 Å². The molecule has 0 saturated heterocycles. The Bertz CT molecular complexity index is 1030. The Morgan fingerprint density at radius 3 is 2.64 bits per heavy atom. The molecule has 8 heteroatoms. The fourth-order valence-electron chi connectivity index (χ4n) is 3.61. The van der Waals surface area contributed by atoms with Gasteiger partial charge in [0.15, 0.2) is 0 Å². The standard InChI is InChI=1S/C20H17F3N4O/c1-12-4-5-16(21)17-14(12)3-2-10-26(17)20(28)15-11-25-27(18(15)19(22)23)13-6-8-24-9-7-13/h4-9,11,19H,2-3,10H2,1H3. The second-order valence-corrected chi connectivity index (χ2v) is 6.61. The summed E-state index contributed by atoms with van der Waals surface area (Å²) >= 11 is 0. The van der Waals surface area contributed by atoms with Crippen LogP contribution in [0.5, 0.6) is 0 Å². The molecule has 1 amide bonds. The lowest BCUT2D eigenvalue weighted by molar-refractivity contribution is 0.0967. The number of aryl methyl sites for hydroxylation is 1. The number of nitrogens with zero attached hydrogens (tertiary/aromatic N) is 4. The molecule has 1 aromatic carbocycles. The molecule has 0 N–H and O–H groups in total. The summed E-state index contributed by atoms with van der Waals surface area (Å²) in [4.78, 5) is 18.3. The normalized spacial score (nSPS) is 13.7. The molecule has 0 aliphatic carbocycles. The first kappa shape index (κ1) is 18.2. The molecule has 0 spiro atoms. The summed E-state index contributed by atoms with van der Waals surface area (Å²) in [5, 5.41) is 3.99. The minimum Gasteiger partial charge on any atom is -0.305 e. The van der Waals surface area contributed by atoms with Gasteiger partial charge in [-0.15, -0.1) is 0 Å². The largest absolute Gasteiger partial charge is 0.305 e. The SMILES string of the molecule is Cc1ccc(F)c2c1CCCN2C(=O)c1cnn(-c2ccncc2)c1C(F)F. The van der Waals surface area contributed by atoms with Crippen molar-refractivity contribution in [1.82, 2.24) is 14.8 Å². The number of pyridine rings is 1. The monoisotopic (exact) mass is 386 g/mol. The van der Waals surface area contributed by atoms with E-state index in [1.807, 2.05) is 6.92 Å². The van der Waals surface area contributed by atoms with E-state index in [-0.39, 0.29) is 17.8 Å². The third-order valence-electron chi connectivity index (χ3n) is 4.94. The summed E-state index contributed by atoms with van der Waals surface area (Å²) < 4.78 is 43.3. The maximum Gasteiger partial charge on any atom is 0.281 e. The van der Waals surface area contributed by atoms with Gasteiger partial charge >= 0.3 is 0 Å². The van der Waals surface area contributed by atoms with E-state index in [9.17, 15) is 18.0 Å². The van der Waals surface area contributed by atoms with Gasteiger partial charge in [0.1, 0.15) is 11.5 Å². The molecule has 0 radical (unpaired) electrons. The second-order valence-electron chi connectivity index (χ2n) is 6.61. The van der Waals surface area contributed by atoms with Crippen molar-refractivity contribution in [2.24, 2.45) is 0 Å². The number of carbonyl (C=O) groups excluding carboxylic acids is 1. The highest BCUT2D eigenvalue weighted by molar-refractivity contribution is 6.07. The third kappa shape index (κ3) is 2.94. The van der Waals surface area contributed by atoms with Crippen LogP contribution in [0, 0.1) is 12.7 Å². The Kier molecular flexibility index (Phi) is 4.62. The van der Waals surface area contributed by atoms with Crippen LogP contribution in [0.2, 0.25) is 0 Å². The number of benzene rings is 1. The first-order valence-electron chi connectivity index (χ1n) is 8.85. The van der Waals surface area contributed by atoms with Crippen molar-refractivity contribution in [2.45, 2.75) is 26.2 Å². The predicted octanol–water partition coefficient (Wildman–Crippen LogP) is 4.25. The van der Waals surface area contributed by atoms with Gasteiger partial charge in [0.25, 0.3) is 12.3 Å². The van der Waals surface area contributed by atoms with Crippen molar-refractivity contribution in [1.29, 1.82) is 0 Å². The Morgan fingerprint density at radius 2 is 1.93 bits per heavy atom. The van der Waals surface area contributed by atoms with Crippen molar-refractivity contribution in [3.63, 3.8) is 0 Å². The number of hydrogen-bond donors (Lipinski definition) is 0. The van der Waals surface area contributed by atoms with Gasteiger partial charge in [0.2, 0.25) is 0 Å². The molecule has 3 aromatic rings. The summed E-state index contributed by atoms with van der Waals surface area (Å²) in [7, 11) is 0. The van der Waals surface area contributed by atoms with Crippen LogP contribution in [0.15, 0.2) is 42.9 Å². The number of halogens is 3. The van der Waals surface area contributed by atoms with E-state index in [1.54, 1.807) is 6.07 Å². The minimum absolute atomic E-state index is 0.174. The van der Waals surface area contributed by atoms with Crippen LogP contribution in [-0.2, 0) is 6.42 Å². The summed E-state index contributed by atoms with van der Waals surface area (Å²) in [5.74, 6) is -1.21. The quantitative estimate of drug-likeness (QED) is 0.676. The molecule has 1 aliphatic rings. The topological polar surface area (TPSA) is 51.0 Å². The molecule has 2 aromatic heterocycles. The number of anilines is 1. The first-order chi connectivity index (χ1) is 13.5. The van der Waals surface area contributed by atoms with E-state index < -0.39 is 23.8 Å². The maximum atomic E-state index is 14.5. The Morgan fingerprint density at radius 1 is 1.18 bits per heavy atom. The first-order valence-corrected chi connectivity index (χ1v) is 8.85. The molecule has 1 aliphatic heterocycles. The molecule has 28 heavy (non-hydrogen) atoms. The second kappa shape index (κ2) is 7.10. The van der Waals surface area contributed by atoms with Crippen LogP contribution in [-0.4, -0.2) is 27.2 Å². The van der Waals surface area contributed by atoms with Crippen LogP contribution in [0.1, 0.15) is 40.0 Å². The van der Waals surface area contributed by atoms with Crippen molar-refractivity contribution >= 4 is 11.6 Å². The average molecular weight is 386 g/mol. The fraction of sp³-hybridized carbons (Fsp3) is 0.250. The van der Waals surface area contributed by atoms with Gasteiger partial charge in [-0.25, -0.2) is 17.9 Å². The number of fused-ring (bicyclic) bond motifs is 1. The zero-order valence-corrected chi connectivity index (χ0v) is 15.1. The van der Waals surface area contributed by atoms with Crippen molar-refractivity contribution < 1.29 is 18.0 Å². The lowest BCUT2D eigenvalue weighted by atomic mass is 9.96. The predicted molar refractivity (Wildman–Crippen MR) is 97.5 cm³/mol. The fourth-order valence-corrected chi connectivity index (χ4v) is 3.61. The van der Waals surface area contributed by atoms with Crippen LogP contribution >= 0.6 is 0 Å².